The van der Waals surface area contributed by atoms with Crippen molar-refractivity contribution in [2.24, 2.45) is 5.92 Å². The van der Waals surface area contributed by atoms with E-state index in [1.54, 1.807) is 0 Å². The Morgan fingerprint density at radius 1 is 1.33 bits per heavy atom. The first-order valence-corrected chi connectivity index (χ1v) is 8.14. The monoisotopic (exact) mass is 339 g/mol. The van der Waals surface area contributed by atoms with Crippen LogP contribution in [0.4, 0.5) is 4.79 Å². The minimum Gasteiger partial charge on any atom is -0.426 e. The Bertz CT molecular complexity index is 516. The molecule has 0 spiro atoms. The second-order valence-electron chi connectivity index (χ2n) is 5.91. The van der Waals surface area contributed by atoms with Crippen molar-refractivity contribution in [3.05, 3.63) is 0 Å². The minimum atomic E-state index is -1.05. The third-order valence-electron chi connectivity index (χ3n) is 4.04. The summed E-state index contributed by atoms with van der Waals surface area (Å²) >= 11 is 0. The molecule has 2 amide bonds. The van der Waals surface area contributed by atoms with E-state index in [0.717, 1.165) is 6.42 Å². The molecule has 134 valence electrons. The van der Waals surface area contributed by atoms with E-state index in [1.807, 2.05) is 13.8 Å². The number of amides is 2. The van der Waals surface area contributed by atoms with Crippen molar-refractivity contribution in [1.29, 1.82) is 5.26 Å². The van der Waals surface area contributed by atoms with Crippen molar-refractivity contribution in [3.63, 3.8) is 0 Å². The lowest BCUT2D eigenvalue weighted by molar-refractivity contribution is -0.162. The Balaban J connectivity index is 2.75. The van der Waals surface area contributed by atoms with Crippen LogP contribution in [0.15, 0.2) is 0 Å². The van der Waals surface area contributed by atoms with Gasteiger partial charge in [-0.1, -0.05) is 20.3 Å². The molecule has 8 nitrogen and oxygen atoms in total. The lowest BCUT2D eigenvalue weighted by atomic mass is 9.97. The van der Waals surface area contributed by atoms with E-state index < -0.39 is 30.4 Å². The molecule has 0 saturated carbocycles. The molecule has 1 rings (SSSR count). The van der Waals surface area contributed by atoms with Crippen LogP contribution in [0.2, 0.25) is 0 Å². The van der Waals surface area contributed by atoms with E-state index in [9.17, 15) is 14.4 Å². The number of carbonyl (C=O) groups excluding carboxylic acids is 3. The predicted octanol–water partition coefficient (Wildman–Crippen LogP) is 1.55. The number of hydrogen-bond donors (Lipinski definition) is 1. The van der Waals surface area contributed by atoms with Crippen LogP contribution in [0.1, 0.15) is 47.0 Å². The molecular weight excluding hydrogens is 314 g/mol. The largest absolute Gasteiger partial charge is 0.426 e. The summed E-state index contributed by atoms with van der Waals surface area (Å²) in [6, 6.07) is 0.870. The first-order chi connectivity index (χ1) is 11.3. The number of likely N-dealkylation sites (tertiary alicyclic amines) is 1. The van der Waals surface area contributed by atoms with Crippen molar-refractivity contribution in [3.8, 4) is 6.07 Å². The van der Waals surface area contributed by atoms with E-state index in [-0.39, 0.29) is 11.8 Å². The Morgan fingerprint density at radius 3 is 2.54 bits per heavy atom. The quantitative estimate of drug-likeness (QED) is 0.581. The average Bonchev–Trinajstić information content (AvgIpc) is 2.98. The van der Waals surface area contributed by atoms with Gasteiger partial charge in [-0.05, 0) is 18.8 Å². The van der Waals surface area contributed by atoms with Crippen molar-refractivity contribution in [2.75, 3.05) is 6.54 Å². The highest BCUT2D eigenvalue weighted by Gasteiger charge is 2.36. The minimum absolute atomic E-state index is 0.131. The highest BCUT2D eigenvalue weighted by atomic mass is 16.7. The summed E-state index contributed by atoms with van der Waals surface area (Å²) < 4.78 is 9.65. The maximum absolute atomic E-state index is 12.7. The molecule has 0 bridgehead atoms. The van der Waals surface area contributed by atoms with Gasteiger partial charge in [-0.15, -0.1) is 0 Å². The van der Waals surface area contributed by atoms with Gasteiger partial charge in [0.15, 0.2) is 0 Å². The number of esters is 1. The van der Waals surface area contributed by atoms with Crippen molar-refractivity contribution >= 4 is 18.0 Å². The average molecular weight is 339 g/mol. The highest BCUT2D eigenvalue weighted by molar-refractivity contribution is 5.86. The SMILES string of the molecule is CC[C@H](C)[C@H](NC(=O)OC(C)OC(C)=O)C(=O)N1CCC[C@H]1C#N. The van der Waals surface area contributed by atoms with E-state index in [0.29, 0.717) is 19.4 Å². The second-order valence-corrected chi connectivity index (χ2v) is 5.91. The first kappa shape index (κ1) is 19.7. The number of alkyl carbamates (subject to hydrolysis) is 1. The molecule has 8 heteroatoms. The molecule has 4 atom stereocenters. The zero-order valence-electron chi connectivity index (χ0n) is 14.6. The van der Waals surface area contributed by atoms with Crippen LogP contribution >= 0.6 is 0 Å². The van der Waals surface area contributed by atoms with Crippen LogP contribution in [-0.2, 0) is 19.1 Å². The summed E-state index contributed by atoms with van der Waals surface area (Å²) in [4.78, 5) is 37.1. The van der Waals surface area contributed by atoms with Gasteiger partial charge in [0.1, 0.15) is 12.1 Å². The molecule has 1 aliphatic rings. The summed E-state index contributed by atoms with van der Waals surface area (Å²) in [5.41, 5.74) is 0. The molecule has 1 fully saturated rings. The smallest absolute Gasteiger partial charge is 0.410 e. The van der Waals surface area contributed by atoms with Gasteiger partial charge >= 0.3 is 12.1 Å². The van der Waals surface area contributed by atoms with E-state index in [2.05, 4.69) is 11.4 Å². The molecule has 1 aliphatic heterocycles. The van der Waals surface area contributed by atoms with E-state index >= 15 is 0 Å². The zero-order valence-corrected chi connectivity index (χ0v) is 14.6. The Morgan fingerprint density at radius 2 is 2.00 bits per heavy atom. The number of nitrogens with zero attached hydrogens (tertiary/aromatic N) is 2. The summed E-state index contributed by atoms with van der Waals surface area (Å²) in [7, 11) is 0. The molecule has 0 aliphatic carbocycles. The van der Waals surface area contributed by atoms with Crippen molar-refractivity contribution in [2.45, 2.75) is 65.3 Å². The van der Waals surface area contributed by atoms with E-state index in [4.69, 9.17) is 14.7 Å². The van der Waals surface area contributed by atoms with Gasteiger partial charge in [0, 0.05) is 20.4 Å². The van der Waals surface area contributed by atoms with Crippen molar-refractivity contribution in [1.82, 2.24) is 10.2 Å². The maximum Gasteiger partial charge on any atom is 0.410 e. The van der Waals surface area contributed by atoms with Crippen molar-refractivity contribution < 1.29 is 23.9 Å². The van der Waals surface area contributed by atoms with Gasteiger partial charge < -0.3 is 19.7 Å². The standard InChI is InChI=1S/C16H25N3O5/c1-5-10(2)14(15(21)19-8-6-7-13(19)9-17)18-16(22)24-12(4)23-11(3)20/h10,12-14H,5-8H2,1-4H3,(H,18,22)/t10-,12?,13-,14-/m0/s1. The first-order valence-electron chi connectivity index (χ1n) is 8.14. The molecule has 0 aromatic rings. The number of nitriles is 1. The Labute approximate surface area is 142 Å². The number of ether oxygens (including phenoxy) is 2. The third-order valence-corrected chi connectivity index (χ3v) is 4.04. The van der Waals surface area contributed by atoms with E-state index in [1.165, 1.54) is 18.7 Å². The molecule has 1 saturated heterocycles. The molecule has 24 heavy (non-hydrogen) atoms. The highest BCUT2D eigenvalue weighted by Crippen LogP contribution is 2.20. The van der Waals surface area contributed by atoms with Crippen LogP contribution in [0, 0.1) is 17.2 Å². The maximum atomic E-state index is 12.7. The number of carbonyl (C=O) groups is 3. The Hall–Kier alpha value is -2.30. The summed E-state index contributed by atoms with van der Waals surface area (Å²) in [6.07, 6.45) is 0.194. The van der Waals surface area contributed by atoms with Gasteiger partial charge in [-0.2, -0.15) is 5.26 Å². The van der Waals surface area contributed by atoms with Gasteiger partial charge in [0.05, 0.1) is 6.07 Å². The molecule has 1 heterocycles. The van der Waals surface area contributed by atoms with Crippen LogP contribution in [0.3, 0.4) is 0 Å². The molecular formula is C16H25N3O5. The lowest BCUT2D eigenvalue weighted by Gasteiger charge is -2.29. The lowest BCUT2D eigenvalue weighted by Crippen LogP contribution is -2.53. The number of nitrogens with one attached hydrogen (secondary N) is 1. The van der Waals surface area contributed by atoms with Crippen LogP contribution < -0.4 is 5.32 Å². The van der Waals surface area contributed by atoms with Gasteiger partial charge in [-0.3, -0.25) is 9.59 Å². The predicted molar refractivity (Wildman–Crippen MR) is 84.4 cm³/mol. The number of hydrogen-bond acceptors (Lipinski definition) is 6. The number of rotatable bonds is 6. The molecule has 0 radical (unpaired) electrons. The second kappa shape index (κ2) is 9.11. The van der Waals surface area contributed by atoms with Gasteiger partial charge in [-0.25, -0.2) is 4.79 Å². The molecule has 1 unspecified atom stereocenters. The summed E-state index contributed by atoms with van der Waals surface area (Å²) in [5, 5.41) is 11.7. The molecule has 0 aromatic carbocycles. The third kappa shape index (κ3) is 5.41. The fourth-order valence-electron chi connectivity index (χ4n) is 2.60. The Kier molecular flexibility index (Phi) is 7.49. The molecule has 1 N–H and O–H groups in total. The normalized spacial score (nSPS) is 20.5. The van der Waals surface area contributed by atoms with Crippen LogP contribution in [0.5, 0.6) is 0 Å². The van der Waals surface area contributed by atoms with Crippen LogP contribution in [0.25, 0.3) is 0 Å². The van der Waals surface area contributed by atoms with Gasteiger partial charge in [0.25, 0.3) is 0 Å². The summed E-state index contributed by atoms with van der Waals surface area (Å²) in [5.74, 6) is -0.988. The van der Waals surface area contributed by atoms with Crippen LogP contribution in [-0.4, -0.2) is 47.8 Å². The fraction of sp³-hybridized carbons (Fsp3) is 0.750. The summed E-state index contributed by atoms with van der Waals surface area (Å²) in [6.45, 7) is 6.87. The fourth-order valence-corrected chi connectivity index (χ4v) is 2.60. The zero-order chi connectivity index (χ0) is 18.3. The topological polar surface area (TPSA) is 109 Å². The van der Waals surface area contributed by atoms with Gasteiger partial charge in [0.2, 0.25) is 12.2 Å². The molecule has 0 aromatic heterocycles.